The zero-order valence-corrected chi connectivity index (χ0v) is 11.1. The van der Waals surface area contributed by atoms with Gasteiger partial charge in [-0.2, -0.15) is 0 Å². The van der Waals surface area contributed by atoms with Crippen molar-refractivity contribution in [1.29, 1.82) is 0 Å². The summed E-state index contributed by atoms with van der Waals surface area (Å²) in [5.74, 6) is 1.59. The van der Waals surface area contributed by atoms with Crippen molar-refractivity contribution < 1.29 is 0 Å². The van der Waals surface area contributed by atoms with Gasteiger partial charge in [0.25, 0.3) is 0 Å². The molecule has 0 unspecified atom stereocenters. The van der Waals surface area contributed by atoms with Crippen LogP contribution in [-0.2, 0) is 0 Å². The molecule has 0 bridgehead atoms. The van der Waals surface area contributed by atoms with E-state index in [4.69, 9.17) is 11.6 Å². The lowest BCUT2D eigenvalue weighted by Crippen LogP contribution is -2.28. The molecule has 0 atom stereocenters. The molecule has 1 saturated carbocycles. The molecule has 4 heteroatoms. The number of aromatic nitrogens is 2. The van der Waals surface area contributed by atoms with Gasteiger partial charge in [-0.25, -0.2) is 4.98 Å². The van der Waals surface area contributed by atoms with Crippen LogP contribution in [0.4, 0.5) is 5.95 Å². The number of nitrogens with one attached hydrogen (secondary N) is 2. The van der Waals surface area contributed by atoms with Gasteiger partial charge < -0.3 is 10.3 Å². The van der Waals surface area contributed by atoms with Crippen molar-refractivity contribution in [1.82, 2.24) is 9.97 Å². The van der Waals surface area contributed by atoms with Crippen molar-refractivity contribution in [2.24, 2.45) is 5.41 Å². The lowest BCUT2D eigenvalue weighted by atomic mass is 9.89. The van der Waals surface area contributed by atoms with Crippen LogP contribution < -0.4 is 5.32 Å². The molecular weight excluding hydrogens is 246 g/mol. The van der Waals surface area contributed by atoms with Crippen molar-refractivity contribution >= 4 is 28.6 Å². The Morgan fingerprint density at radius 2 is 2.06 bits per heavy atom. The summed E-state index contributed by atoms with van der Waals surface area (Å²) in [7, 11) is 0. The molecular formula is C14H18ClN3. The fourth-order valence-electron chi connectivity index (χ4n) is 2.79. The van der Waals surface area contributed by atoms with Gasteiger partial charge in [-0.1, -0.05) is 25.0 Å². The van der Waals surface area contributed by atoms with Gasteiger partial charge in [0.2, 0.25) is 5.95 Å². The van der Waals surface area contributed by atoms with E-state index in [0.29, 0.717) is 0 Å². The van der Waals surface area contributed by atoms with Crippen LogP contribution in [0.15, 0.2) is 24.3 Å². The fraction of sp³-hybridized carbons (Fsp3) is 0.500. The summed E-state index contributed by atoms with van der Waals surface area (Å²) in [6, 6.07) is 8.08. The Labute approximate surface area is 112 Å². The number of hydrogen-bond donors (Lipinski definition) is 2. The second-order valence-electron chi connectivity index (χ2n) is 5.30. The third-order valence-corrected chi connectivity index (χ3v) is 4.53. The molecule has 2 N–H and O–H groups in total. The van der Waals surface area contributed by atoms with Crippen LogP contribution in [-0.4, -0.2) is 22.4 Å². The summed E-state index contributed by atoms with van der Waals surface area (Å²) in [5, 5.41) is 3.42. The first-order valence-corrected chi connectivity index (χ1v) is 7.09. The van der Waals surface area contributed by atoms with Gasteiger partial charge in [0.15, 0.2) is 0 Å². The number of fused-ring (bicyclic) bond motifs is 1. The van der Waals surface area contributed by atoms with Gasteiger partial charge >= 0.3 is 0 Å². The summed E-state index contributed by atoms with van der Waals surface area (Å²) >= 11 is 6.14. The topological polar surface area (TPSA) is 40.7 Å². The summed E-state index contributed by atoms with van der Waals surface area (Å²) in [5.41, 5.74) is 2.35. The number of nitrogens with zero attached hydrogens (tertiary/aromatic N) is 1. The van der Waals surface area contributed by atoms with Crippen LogP contribution in [0, 0.1) is 5.41 Å². The highest BCUT2D eigenvalue weighted by molar-refractivity contribution is 6.18. The Balaban J connectivity index is 1.72. The number of H-pyrrole nitrogens is 1. The minimum atomic E-state index is 0.264. The van der Waals surface area contributed by atoms with Crippen LogP contribution in [0.3, 0.4) is 0 Å². The highest BCUT2D eigenvalue weighted by Gasteiger charge is 2.32. The lowest BCUT2D eigenvalue weighted by molar-refractivity contribution is 0.368. The molecule has 1 aliphatic rings. The molecule has 3 rings (SSSR count). The Bertz CT molecular complexity index is 496. The van der Waals surface area contributed by atoms with Crippen LogP contribution in [0.25, 0.3) is 11.0 Å². The van der Waals surface area contributed by atoms with Gasteiger partial charge in [-0.3, -0.25) is 0 Å². The minimum Gasteiger partial charge on any atom is -0.355 e. The van der Waals surface area contributed by atoms with Gasteiger partial charge in [0.05, 0.1) is 11.0 Å². The predicted octanol–water partition coefficient (Wildman–Crippen LogP) is 3.77. The average molecular weight is 264 g/mol. The van der Waals surface area contributed by atoms with E-state index in [0.717, 1.165) is 29.4 Å². The number of imidazole rings is 1. The number of halogens is 1. The molecule has 1 aromatic heterocycles. The second-order valence-corrected chi connectivity index (χ2v) is 5.56. The largest absolute Gasteiger partial charge is 0.355 e. The van der Waals surface area contributed by atoms with Crippen LogP contribution >= 0.6 is 11.6 Å². The molecule has 96 valence electrons. The molecule has 1 aromatic carbocycles. The number of hydrogen-bond acceptors (Lipinski definition) is 2. The van der Waals surface area contributed by atoms with E-state index in [1.54, 1.807) is 0 Å². The first kappa shape index (κ1) is 11.8. The number of alkyl halides is 1. The monoisotopic (exact) mass is 263 g/mol. The standard InChI is InChI=1S/C14H18ClN3/c15-9-14(7-3-4-8-14)10-16-13-17-11-5-1-2-6-12(11)18-13/h1-2,5-6H,3-4,7-10H2,(H2,16,17,18). The molecule has 1 aliphatic carbocycles. The molecule has 0 saturated heterocycles. The quantitative estimate of drug-likeness (QED) is 0.825. The maximum absolute atomic E-state index is 6.14. The first-order chi connectivity index (χ1) is 8.81. The summed E-state index contributed by atoms with van der Waals surface area (Å²) in [4.78, 5) is 7.82. The molecule has 0 radical (unpaired) electrons. The number of para-hydroxylation sites is 2. The van der Waals surface area contributed by atoms with Gasteiger partial charge in [-0.15, -0.1) is 11.6 Å². The van der Waals surface area contributed by atoms with E-state index in [2.05, 4.69) is 15.3 Å². The van der Waals surface area contributed by atoms with E-state index in [9.17, 15) is 0 Å². The van der Waals surface area contributed by atoms with Gasteiger partial charge in [0.1, 0.15) is 0 Å². The van der Waals surface area contributed by atoms with E-state index in [-0.39, 0.29) is 5.41 Å². The highest BCUT2D eigenvalue weighted by Crippen LogP contribution is 2.39. The summed E-state index contributed by atoms with van der Waals surface area (Å²) in [6.07, 6.45) is 5.05. The molecule has 0 amide bonds. The number of aromatic amines is 1. The van der Waals surface area contributed by atoms with E-state index < -0.39 is 0 Å². The number of benzene rings is 1. The molecule has 2 aromatic rings. The molecule has 0 aliphatic heterocycles. The molecule has 0 spiro atoms. The van der Waals surface area contributed by atoms with Crippen molar-refractivity contribution in [3.05, 3.63) is 24.3 Å². The number of anilines is 1. The summed E-state index contributed by atoms with van der Waals surface area (Å²) < 4.78 is 0. The van der Waals surface area contributed by atoms with Crippen LogP contribution in [0.1, 0.15) is 25.7 Å². The third-order valence-electron chi connectivity index (χ3n) is 3.97. The Hall–Kier alpha value is -1.22. The highest BCUT2D eigenvalue weighted by atomic mass is 35.5. The maximum atomic E-state index is 6.14. The van der Waals surface area contributed by atoms with E-state index in [1.807, 2.05) is 24.3 Å². The lowest BCUT2D eigenvalue weighted by Gasteiger charge is -2.26. The fourth-order valence-corrected chi connectivity index (χ4v) is 3.15. The Morgan fingerprint density at radius 1 is 1.28 bits per heavy atom. The van der Waals surface area contributed by atoms with E-state index in [1.165, 1.54) is 25.7 Å². The molecule has 1 heterocycles. The zero-order valence-electron chi connectivity index (χ0n) is 10.4. The summed E-state index contributed by atoms with van der Waals surface area (Å²) in [6.45, 7) is 0.913. The SMILES string of the molecule is ClCC1(CNc2nc3ccccc3[nH]2)CCCC1. The second kappa shape index (κ2) is 4.81. The van der Waals surface area contributed by atoms with Crippen molar-refractivity contribution in [2.75, 3.05) is 17.7 Å². The molecule has 1 fully saturated rings. The van der Waals surface area contributed by atoms with Crippen LogP contribution in [0.5, 0.6) is 0 Å². The normalized spacial score (nSPS) is 18.3. The van der Waals surface area contributed by atoms with Crippen molar-refractivity contribution in [2.45, 2.75) is 25.7 Å². The average Bonchev–Trinajstić information content (AvgIpc) is 3.03. The zero-order chi connectivity index (χ0) is 12.4. The number of rotatable bonds is 4. The maximum Gasteiger partial charge on any atom is 0.201 e. The van der Waals surface area contributed by atoms with Gasteiger partial charge in [0, 0.05) is 17.8 Å². The minimum absolute atomic E-state index is 0.264. The van der Waals surface area contributed by atoms with Crippen molar-refractivity contribution in [3.63, 3.8) is 0 Å². The van der Waals surface area contributed by atoms with Crippen LogP contribution in [0.2, 0.25) is 0 Å². The Kier molecular flexibility index (Phi) is 3.16. The Morgan fingerprint density at radius 3 is 2.78 bits per heavy atom. The predicted molar refractivity (Wildman–Crippen MR) is 76.2 cm³/mol. The van der Waals surface area contributed by atoms with Crippen molar-refractivity contribution in [3.8, 4) is 0 Å². The smallest absolute Gasteiger partial charge is 0.201 e. The molecule has 18 heavy (non-hydrogen) atoms. The molecule has 3 nitrogen and oxygen atoms in total. The third kappa shape index (κ3) is 2.19. The van der Waals surface area contributed by atoms with Gasteiger partial charge in [-0.05, 0) is 25.0 Å². The first-order valence-electron chi connectivity index (χ1n) is 6.56. The van der Waals surface area contributed by atoms with E-state index >= 15 is 0 Å².